The second kappa shape index (κ2) is 5.65. The molecule has 0 fully saturated rings. The van der Waals surface area contributed by atoms with Crippen molar-refractivity contribution in [2.75, 3.05) is 0 Å². The predicted molar refractivity (Wildman–Crippen MR) is 92.2 cm³/mol. The van der Waals surface area contributed by atoms with Crippen LogP contribution in [0, 0.1) is 5.82 Å². The molecular weight excluding hydrogens is 378 g/mol. The van der Waals surface area contributed by atoms with E-state index in [4.69, 9.17) is 0 Å². The molecule has 0 aliphatic rings. The van der Waals surface area contributed by atoms with Crippen molar-refractivity contribution in [3.8, 4) is 17.0 Å². The highest BCUT2D eigenvalue weighted by Crippen LogP contribution is 2.29. The number of aromatic amines is 1. The topological polar surface area (TPSA) is 68.1 Å². The van der Waals surface area contributed by atoms with E-state index in [2.05, 4.69) is 24.8 Å². The van der Waals surface area contributed by atoms with Crippen LogP contribution in [0.25, 0.3) is 39.1 Å². The lowest BCUT2D eigenvalue weighted by Gasteiger charge is -2.08. The van der Waals surface area contributed by atoms with Gasteiger partial charge in [-0.2, -0.15) is 10.1 Å². The number of rotatable bonds is 2. The van der Waals surface area contributed by atoms with Gasteiger partial charge in [0.15, 0.2) is 5.65 Å². The number of fused-ring (bicyclic) bond motifs is 4. The molecule has 3 heterocycles. The second-order valence-electron chi connectivity index (χ2n) is 6.07. The van der Waals surface area contributed by atoms with Gasteiger partial charge in [0.1, 0.15) is 17.1 Å². The molecular formula is C18H9F4N5O. The van der Waals surface area contributed by atoms with Gasteiger partial charge in [0.25, 0.3) is 5.78 Å². The Morgan fingerprint density at radius 2 is 1.79 bits per heavy atom. The summed E-state index contributed by atoms with van der Waals surface area (Å²) >= 11 is 0. The predicted octanol–water partition coefficient (Wildman–Crippen LogP) is 4.46. The zero-order valence-corrected chi connectivity index (χ0v) is 13.8. The molecule has 0 aliphatic heterocycles. The third kappa shape index (κ3) is 2.79. The first-order valence-electron chi connectivity index (χ1n) is 8.06. The van der Waals surface area contributed by atoms with Crippen LogP contribution >= 0.6 is 0 Å². The minimum Gasteiger partial charge on any atom is -0.406 e. The van der Waals surface area contributed by atoms with Gasteiger partial charge in [0.2, 0.25) is 0 Å². The number of ether oxygens (including phenoxy) is 1. The molecule has 0 amide bonds. The number of nitrogens with one attached hydrogen (secondary N) is 1. The fourth-order valence-electron chi connectivity index (χ4n) is 3.01. The molecule has 0 aliphatic carbocycles. The van der Waals surface area contributed by atoms with E-state index in [-0.39, 0.29) is 11.6 Å². The van der Waals surface area contributed by atoms with Crippen molar-refractivity contribution in [3.63, 3.8) is 0 Å². The molecule has 10 heteroatoms. The number of hydrogen-bond acceptors (Lipinski definition) is 4. The summed E-state index contributed by atoms with van der Waals surface area (Å²) in [7, 11) is 0. The first-order valence-corrected chi connectivity index (χ1v) is 8.06. The van der Waals surface area contributed by atoms with Gasteiger partial charge in [-0.05, 0) is 36.4 Å². The molecule has 5 rings (SSSR count). The lowest BCUT2D eigenvalue weighted by molar-refractivity contribution is -0.274. The van der Waals surface area contributed by atoms with Crippen LogP contribution in [0.4, 0.5) is 17.6 Å². The van der Waals surface area contributed by atoms with Crippen LogP contribution < -0.4 is 4.74 Å². The summed E-state index contributed by atoms with van der Waals surface area (Å²) in [4.78, 5) is 11.7. The number of benzene rings is 2. The highest BCUT2D eigenvalue weighted by molar-refractivity contribution is 6.03. The molecule has 0 spiro atoms. The molecule has 0 radical (unpaired) electrons. The van der Waals surface area contributed by atoms with Crippen molar-refractivity contribution >= 4 is 27.8 Å². The van der Waals surface area contributed by atoms with Crippen LogP contribution in [0.1, 0.15) is 0 Å². The summed E-state index contributed by atoms with van der Waals surface area (Å²) in [6.07, 6.45) is -3.12. The average molecular weight is 387 g/mol. The maximum atomic E-state index is 13.1. The van der Waals surface area contributed by atoms with Crippen molar-refractivity contribution < 1.29 is 22.3 Å². The zero-order valence-electron chi connectivity index (χ0n) is 13.8. The zero-order chi connectivity index (χ0) is 19.5. The van der Waals surface area contributed by atoms with E-state index in [1.54, 1.807) is 18.3 Å². The van der Waals surface area contributed by atoms with Gasteiger partial charge in [-0.1, -0.05) is 0 Å². The van der Waals surface area contributed by atoms with Crippen molar-refractivity contribution in [2.24, 2.45) is 0 Å². The van der Waals surface area contributed by atoms with Gasteiger partial charge >= 0.3 is 6.36 Å². The summed E-state index contributed by atoms with van der Waals surface area (Å²) in [5.41, 5.74) is 2.53. The molecule has 140 valence electrons. The number of hydrogen-bond donors (Lipinski definition) is 1. The van der Waals surface area contributed by atoms with Crippen LogP contribution in [0.5, 0.6) is 5.75 Å². The SMILES string of the molecule is Fc1ccc(-c2cn3nc4c(nc3n2)[nH]c2cc(OC(F)(F)F)ccc24)cc1. The molecule has 0 atom stereocenters. The molecule has 28 heavy (non-hydrogen) atoms. The quantitative estimate of drug-likeness (QED) is 0.454. The fourth-order valence-corrected chi connectivity index (χ4v) is 3.01. The number of alkyl halides is 3. The Morgan fingerprint density at radius 3 is 2.54 bits per heavy atom. The third-order valence-corrected chi connectivity index (χ3v) is 4.19. The number of halogens is 4. The summed E-state index contributed by atoms with van der Waals surface area (Å²) in [6, 6.07) is 9.79. The van der Waals surface area contributed by atoms with Gasteiger partial charge in [0, 0.05) is 17.0 Å². The van der Waals surface area contributed by atoms with Gasteiger partial charge in [-0.25, -0.2) is 13.9 Å². The van der Waals surface area contributed by atoms with Crippen LogP contribution in [0.2, 0.25) is 0 Å². The van der Waals surface area contributed by atoms with E-state index in [9.17, 15) is 17.6 Å². The van der Waals surface area contributed by atoms with E-state index < -0.39 is 6.36 Å². The van der Waals surface area contributed by atoms with Gasteiger partial charge < -0.3 is 9.72 Å². The smallest absolute Gasteiger partial charge is 0.406 e. The van der Waals surface area contributed by atoms with Crippen molar-refractivity contribution in [2.45, 2.75) is 6.36 Å². The maximum absolute atomic E-state index is 13.1. The molecule has 5 aromatic rings. The number of imidazole rings is 1. The Labute approximate surface area is 153 Å². The summed E-state index contributed by atoms with van der Waals surface area (Å²) in [5, 5.41) is 5.05. The molecule has 0 saturated carbocycles. The van der Waals surface area contributed by atoms with Crippen LogP contribution in [0.3, 0.4) is 0 Å². The first-order chi connectivity index (χ1) is 13.4. The van der Waals surface area contributed by atoms with Gasteiger partial charge in [-0.15, -0.1) is 13.2 Å². The molecule has 1 N–H and O–H groups in total. The van der Waals surface area contributed by atoms with Crippen LogP contribution in [-0.4, -0.2) is 30.9 Å². The Hall–Kier alpha value is -3.69. The largest absolute Gasteiger partial charge is 0.573 e. The maximum Gasteiger partial charge on any atom is 0.573 e. The van der Waals surface area contributed by atoms with Gasteiger partial charge in [0.05, 0.1) is 17.4 Å². The monoisotopic (exact) mass is 387 g/mol. The lowest BCUT2D eigenvalue weighted by Crippen LogP contribution is -2.16. The van der Waals surface area contributed by atoms with Crippen molar-refractivity contribution in [1.82, 2.24) is 24.6 Å². The first kappa shape index (κ1) is 16.5. The Bertz CT molecular complexity index is 1340. The minimum atomic E-state index is -4.77. The van der Waals surface area contributed by atoms with Crippen LogP contribution in [0.15, 0.2) is 48.7 Å². The number of aromatic nitrogens is 5. The van der Waals surface area contributed by atoms with E-state index in [1.165, 1.54) is 34.8 Å². The lowest BCUT2D eigenvalue weighted by atomic mass is 10.2. The van der Waals surface area contributed by atoms with Crippen molar-refractivity contribution in [3.05, 3.63) is 54.5 Å². The highest BCUT2D eigenvalue weighted by Gasteiger charge is 2.31. The molecule has 2 aromatic carbocycles. The third-order valence-electron chi connectivity index (χ3n) is 4.19. The minimum absolute atomic E-state index is 0.296. The van der Waals surface area contributed by atoms with Crippen LogP contribution in [-0.2, 0) is 0 Å². The van der Waals surface area contributed by atoms with Crippen molar-refractivity contribution in [1.29, 1.82) is 0 Å². The fraction of sp³-hybridized carbons (Fsp3) is 0.0556. The summed E-state index contributed by atoms with van der Waals surface area (Å²) < 4.78 is 55.7. The Balaban J connectivity index is 1.62. The Kier molecular flexibility index (Phi) is 3.33. The van der Waals surface area contributed by atoms with E-state index in [1.807, 2.05) is 0 Å². The molecule has 0 bridgehead atoms. The van der Waals surface area contributed by atoms with Gasteiger partial charge in [-0.3, -0.25) is 0 Å². The standard InChI is InChI=1S/C18H9F4N5O/c19-10-3-1-9(2-4-10)14-8-27-17(24-14)25-16-15(26-27)12-6-5-11(7-13(12)23-16)28-18(20,21)22/h1-8H,(H,23,24,25). The Morgan fingerprint density at radius 1 is 1.00 bits per heavy atom. The number of nitrogens with zero attached hydrogens (tertiary/aromatic N) is 4. The van der Waals surface area contributed by atoms with E-state index in [0.29, 0.717) is 39.1 Å². The molecule has 0 saturated heterocycles. The highest BCUT2D eigenvalue weighted by atomic mass is 19.4. The molecule has 6 nitrogen and oxygen atoms in total. The second-order valence-corrected chi connectivity index (χ2v) is 6.07. The summed E-state index contributed by atoms with van der Waals surface area (Å²) in [5.74, 6) is -0.391. The van der Waals surface area contributed by atoms with E-state index >= 15 is 0 Å². The number of H-pyrrole nitrogens is 1. The average Bonchev–Trinajstić information content (AvgIpc) is 3.18. The van der Waals surface area contributed by atoms with E-state index in [0.717, 1.165) is 0 Å². The summed E-state index contributed by atoms with van der Waals surface area (Å²) in [6.45, 7) is 0. The molecule has 0 unspecified atom stereocenters. The molecule has 3 aromatic heterocycles. The normalized spacial score (nSPS) is 12.3.